The molecular formula is C31H33N7O4S. The highest BCUT2D eigenvalue weighted by Gasteiger charge is 2.28. The number of pyridine rings is 2. The van der Waals surface area contributed by atoms with Gasteiger partial charge in [0.15, 0.2) is 11.4 Å². The molecule has 0 bridgehead atoms. The Balaban J connectivity index is 1.52. The summed E-state index contributed by atoms with van der Waals surface area (Å²) in [7, 11) is 2.89. The Bertz CT molecular complexity index is 2060. The maximum Gasteiger partial charge on any atom is 0.269 e. The number of aryl methyl sites for hydroxylation is 3. The minimum absolute atomic E-state index is 0.172. The number of nitrogens with zero attached hydrogens (tertiary/aromatic N) is 6. The predicted octanol–water partition coefficient (Wildman–Crippen LogP) is 4.22. The Morgan fingerprint density at radius 2 is 1.79 bits per heavy atom. The predicted molar refractivity (Wildman–Crippen MR) is 165 cm³/mol. The number of fused-ring (bicyclic) bond motifs is 2. The third-order valence-electron chi connectivity index (χ3n) is 7.68. The Morgan fingerprint density at radius 1 is 1.00 bits per heavy atom. The van der Waals surface area contributed by atoms with Crippen LogP contribution in [0.1, 0.15) is 16.8 Å². The van der Waals surface area contributed by atoms with Crippen LogP contribution in [0.25, 0.3) is 33.3 Å². The fraction of sp³-hybridized carbons (Fsp3) is 0.258. The van der Waals surface area contributed by atoms with Crippen LogP contribution in [0.15, 0.2) is 72.3 Å². The smallest absolute Gasteiger partial charge is 0.269 e. The number of benzene rings is 1. The van der Waals surface area contributed by atoms with Crippen molar-refractivity contribution in [2.45, 2.75) is 24.8 Å². The molecule has 0 saturated carbocycles. The summed E-state index contributed by atoms with van der Waals surface area (Å²) < 4.78 is 44.9. The summed E-state index contributed by atoms with van der Waals surface area (Å²) in [4.78, 5) is 13.7. The van der Waals surface area contributed by atoms with Gasteiger partial charge in [0.1, 0.15) is 5.52 Å². The molecule has 0 aliphatic rings. The first-order chi connectivity index (χ1) is 20.7. The lowest BCUT2D eigenvalue weighted by Gasteiger charge is -2.12. The van der Waals surface area contributed by atoms with Gasteiger partial charge >= 0.3 is 0 Å². The summed E-state index contributed by atoms with van der Waals surface area (Å²) in [6.07, 6.45) is 7.98. The molecule has 11 nitrogen and oxygen atoms in total. The van der Waals surface area contributed by atoms with E-state index in [2.05, 4.69) is 15.3 Å². The van der Waals surface area contributed by atoms with Crippen LogP contribution >= 0.6 is 0 Å². The normalized spacial score (nSPS) is 11.9. The number of hydrogen-bond acceptors (Lipinski definition) is 8. The summed E-state index contributed by atoms with van der Waals surface area (Å²) in [5, 5.41) is 4.23. The Labute approximate surface area is 249 Å². The van der Waals surface area contributed by atoms with Crippen molar-refractivity contribution < 1.29 is 17.9 Å². The Hall–Kier alpha value is -4.68. The van der Waals surface area contributed by atoms with Crippen LogP contribution in [0, 0.1) is 6.92 Å². The van der Waals surface area contributed by atoms with E-state index in [1.807, 2.05) is 60.7 Å². The standard InChI is InChI=1S/C31H33N7O4S/c1-20-6-8-23(9-7-20)43(39,40)38-26(25-18-36(2)27-15-28(41-4)31(42-5)35-29(25)27)14-24-21(10-13-34-30(24)38)16-32-12-11-22-17-33-19-37(22)3/h6-10,13-15,17-19,32H,11-12,16H2,1-5H3. The quantitative estimate of drug-likeness (QED) is 0.233. The summed E-state index contributed by atoms with van der Waals surface area (Å²) in [5.41, 5.74) is 5.80. The van der Waals surface area contributed by atoms with Crippen molar-refractivity contribution in [1.82, 2.24) is 33.4 Å². The van der Waals surface area contributed by atoms with Gasteiger partial charge in [-0.05, 0) is 36.8 Å². The van der Waals surface area contributed by atoms with E-state index in [4.69, 9.17) is 14.5 Å². The van der Waals surface area contributed by atoms with Gasteiger partial charge in [-0.1, -0.05) is 17.7 Å². The molecule has 0 fully saturated rings. The second-order valence-corrected chi connectivity index (χ2v) is 12.3. The highest BCUT2D eigenvalue weighted by Crippen LogP contribution is 2.39. The van der Waals surface area contributed by atoms with Crippen molar-refractivity contribution in [2.75, 3.05) is 20.8 Å². The van der Waals surface area contributed by atoms with Crippen LogP contribution in [0.4, 0.5) is 0 Å². The van der Waals surface area contributed by atoms with E-state index in [9.17, 15) is 8.42 Å². The SMILES string of the molecule is COc1cc2c(nc1OC)c(-c1cc3c(CNCCc4cncn4C)ccnc3n1S(=O)(=O)c1ccc(C)cc1)cn2C. The van der Waals surface area contributed by atoms with Gasteiger partial charge in [-0.2, -0.15) is 0 Å². The largest absolute Gasteiger partial charge is 0.491 e. The Kier molecular flexibility index (Phi) is 7.40. The van der Waals surface area contributed by atoms with Crippen molar-refractivity contribution in [1.29, 1.82) is 0 Å². The van der Waals surface area contributed by atoms with E-state index in [1.165, 1.54) is 11.1 Å². The maximum absolute atomic E-state index is 14.3. The summed E-state index contributed by atoms with van der Waals surface area (Å²) >= 11 is 0. The van der Waals surface area contributed by atoms with Crippen LogP contribution < -0.4 is 14.8 Å². The Morgan fingerprint density at radius 3 is 2.49 bits per heavy atom. The van der Waals surface area contributed by atoms with Crippen LogP contribution in [-0.4, -0.2) is 57.2 Å². The molecule has 6 aromatic rings. The monoisotopic (exact) mass is 599 g/mol. The molecule has 0 aliphatic carbocycles. The van der Waals surface area contributed by atoms with Crippen LogP contribution in [0.3, 0.4) is 0 Å². The number of methoxy groups -OCH3 is 2. The first-order valence-electron chi connectivity index (χ1n) is 13.8. The van der Waals surface area contributed by atoms with E-state index >= 15 is 0 Å². The van der Waals surface area contributed by atoms with Crippen LogP contribution in [-0.2, 0) is 37.1 Å². The number of hydrogen-bond donors (Lipinski definition) is 1. The number of rotatable bonds is 10. The zero-order valence-electron chi connectivity index (χ0n) is 24.7. The minimum atomic E-state index is -4.05. The van der Waals surface area contributed by atoms with Gasteiger partial charge in [-0.15, -0.1) is 0 Å². The van der Waals surface area contributed by atoms with E-state index in [0.717, 1.165) is 40.7 Å². The fourth-order valence-electron chi connectivity index (χ4n) is 5.33. The molecule has 1 N–H and O–H groups in total. The van der Waals surface area contributed by atoms with Gasteiger partial charge in [0.25, 0.3) is 15.9 Å². The minimum Gasteiger partial charge on any atom is -0.491 e. The van der Waals surface area contributed by atoms with Crippen molar-refractivity contribution in [3.05, 3.63) is 84.2 Å². The summed E-state index contributed by atoms with van der Waals surface area (Å²) in [5.74, 6) is 0.791. The topological polar surface area (TPSA) is 118 Å². The van der Waals surface area contributed by atoms with E-state index in [-0.39, 0.29) is 4.90 Å². The maximum atomic E-state index is 14.3. The number of aromatic nitrogens is 6. The van der Waals surface area contributed by atoms with Gasteiger partial charge in [0.2, 0.25) is 0 Å². The van der Waals surface area contributed by atoms with Gasteiger partial charge in [0, 0.05) is 74.9 Å². The van der Waals surface area contributed by atoms with E-state index < -0.39 is 10.0 Å². The van der Waals surface area contributed by atoms with Crippen molar-refractivity contribution >= 4 is 32.1 Å². The van der Waals surface area contributed by atoms with Gasteiger partial charge < -0.3 is 23.9 Å². The molecule has 0 unspecified atom stereocenters. The fourth-order valence-corrected chi connectivity index (χ4v) is 6.81. The summed E-state index contributed by atoms with van der Waals surface area (Å²) in [6.45, 7) is 3.18. The molecule has 43 heavy (non-hydrogen) atoms. The van der Waals surface area contributed by atoms with Crippen molar-refractivity contribution in [2.24, 2.45) is 14.1 Å². The van der Waals surface area contributed by atoms with Crippen molar-refractivity contribution in [3.8, 4) is 22.9 Å². The molecular weight excluding hydrogens is 566 g/mol. The average molecular weight is 600 g/mol. The molecule has 6 rings (SSSR count). The van der Waals surface area contributed by atoms with Crippen LogP contribution in [0.2, 0.25) is 0 Å². The third-order valence-corrected chi connectivity index (χ3v) is 9.40. The highest BCUT2D eigenvalue weighted by atomic mass is 32.2. The average Bonchev–Trinajstić information content (AvgIpc) is 3.69. The van der Waals surface area contributed by atoms with E-state index in [0.29, 0.717) is 40.6 Å². The van der Waals surface area contributed by atoms with Crippen LogP contribution in [0.5, 0.6) is 11.6 Å². The molecule has 0 saturated heterocycles. The zero-order valence-corrected chi connectivity index (χ0v) is 25.5. The molecule has 5 heterocycles. The lowest BCUT2D eigenvalue weighted by molar-refractivity contribution is 0.344. The molecule has 0 amide bonds. The lowest BCUT2D eigenvalue weighted by atomic mass is 10.1. The highest BCUT2D eigenvalue weighted by molar-refractivity contribution is 7.90. The second kappa shape index (κ2) is 11.2. The van der Waals surface area contributed by atoms with Gasteiger partial charge in [-0.3, -0.25) is 0 Å². The van der Waals surface area contributed by atoms with Gasteiger partial charge in [-0.25, -0.2) is 27.3 Å². The molecule has 0 radical (unpaired) electrons. The molecule has 5 aromatic heterocycles. The number of ether oxygens (including phenoxy) is 2. The molecule has 12 heteroatoms. The first kappa shape index (κ1) is 28.4. The number of nitrogens with one attached hydrogen (secondary N) is 1. The van der Waals surface area contributed by atoms with E-state index in [1.54, 1.807) is 43.9 Å². The second-order valence-electron chi connectivity index (χ2n) is 10.5. The molecule has 222 valence electrons. The first-order valence-corrected chi connectivity index (χ1v) is 15.2. The zero-order chi connectivity index (χ0) is 30.3. The lowest BCUT2D eigenvalue weighted by Crippen LogP contribution is -2.18. The third kappa shape index (κ3) is 5.02. The summed E-state index contributed by atoms with van der Waals surface area (Å²) in [6, 6.07) is 12.5. The molecule has 0 atom stereocenters. The van der Waals surface area contributed by atoms with Gasteiger partial charge in [0.05, 0.1) is 36.7 Å². The van der Waals surface area contributed by atoms with Crippen molar-refractivity contribution in [3.63, 3.8) is 0 Å². The number of imidazole rings is 1. The molecule has 0 aliphatic heterocycles. The molecule has 0 spiro atoms. The molecule has 1 aromatic carbocycles.